The first-order chi connectivity index (χ1) is 12.5. The number of nitrogens with one attached hydrogen (secondary N) is 1. The summed E-state index contributed by atoms with van der Waals surface area (Å²) in [7, 11) is 0. The van der Waals surface area contributed by atoms with Crippen LogP contribution < -0.4 is 11.1 Å². The van der Waals surface area contributed by atoms with E-state index in [-0.39, 0.29) is 11.8 Å². The lowest BCUT2D eigenvalue weighted by Crippen LogP contribution is -2.45. The third kappa shape index (κ3) is 4.11. The summed E-state index contributed by atoms with van der Waals surface area (Å²) < 4.78 is 0. The third-order valence-electron chi connectivity index (χ3n) is 4.82. The average Bonchev–Trinajstić information content (AvgIpc) is 2.64. The summed E-state index contributed by atoms with van der Waals surface area (Å²) in [5.41, 5.74) is 7.58. The van der Waals surface area contributed by atoms with Gasteiger partial charge in [0.15, 0.2) is 0 Å². The molecule has 3 N–H and O–H groups in total. The van der Waals surface area contributed by atoms with Gasteiger partial charge in [-0.1, -0.05) is 42.5 Å². The van der Waals surface area contributed by atoms with Crippen LogP contribution in [0.4, 0.5) is 5.69 Å². The Bertz CT molecular complexity index is 787. The van der Waals surface area contributed by atoms with E-state index in [4.69, 9.17) is 5.73 Å². The highest BCUT2D eigenvalue weighted by atomic mass is 16.2. The molecule has 1 atom stereocenters. The monoisotopic (exact) mass is 351 g/mol. The van der Waals surface area contributed by atoms with Crippen molar-refractivity contribution in [2.45, 2.75) is 38.3 Å². The molecule has 0 saturated carbocycles. The van der Waals surface area contributed by atoms with Crippen molar-refractivity contribution in [1.82, 2.24) is 4.90 Å². The second kappa shape index (κ2) is 7.70. The maximum Gasteiger partial charge on any atom is 0.248 e. The van der Waals surface area contributed by atoms with Crippen LogP contribution in [0.25, 0.3) is 0 Å². The number of carbonyl (C=O) groups is 2. The van der Waals surface area contributed by atoms with E-state index >= 15 is 0 Å². The molecule has 1 aliphatic heterocycles. The molecule has 1 aliphatic rings. The SMILES string of the molecule is CC(N)(C(=O)Nc1cccc(CN2CCCCC2=O)c1)c1ccccc1. The quantitative estimate of drug-likeness (QED) is 0.869. The van der Waals surface area contributed by atoms with E-state index in [2.05, 4.69) is 5.32 Å². The Balaban J connectivity index is 1.70. The number of nitrogens with two attached hydrogens (primary N) is 1. The number of likely N-dealkylation sites (tertiary alicyclic amines) is 1. The molecule has 0 aliphatic carbocycles. The van der Waals surface area contributed by atoms with Gasteiger partial charge in [-0.2, -0.15) is 0 Å². The van der Waals surface area contributed by atoms with Crippen molar-refractivity contribution in [1.29, 1.82) is 0 Å². The summed E-state index contributed by atoms with van der Waals surface area (Å²) in [6.07, 6.45) is 2.64. The molecule has 2 amide bonds. The summed E-state index contributed by atoms with van der Waals surface area (Å²) in [5.74, 6) is -0.0702. The number of carbonyl (C=O) groups excluding carboxylic acids is 2. The molecular formula is C21H25N3O2. The van der Waals surface area contributed by atoms with Gasteiger partial charge in [0.25, 0.3) is 0 Å². The Morgan fingerprint density at radius 2 is 1.92 bits per heavy atom. The largest absolute Gasteiger partial charge is 0.338 e. The van der Waals surface area contributed by atoms with Gasteiger partial charge in [0.1, 0.15) is 5.54 Å². The number of nitrogens with zero attached hydrogens (tertiary/aromatic N) is 1. The van der Waals surface area contributed by atoms with Crippen molar-refractivity contribution >= 4 is 17.5 Å². The second-order valence-electron chi connectivity index (χ2n) is 7.00. The van der Waals surface area contributed by atoms with Crippen LogP contribution in [0, 0.1) is 0 Å². The first-order valence-corrected chi connectivity index (χ1v) is 8.99. The fraction of sp³-hybridized carbons (Fsp3) is 0.333. The zero-order valence-electron chi connectivity index (χ0n) is 15.1. The highest BCUT2D eigenvalue weighted by molar-refractivity contribution is 5.98. The molecule has 1 heterocycles. The van der Waals surface area contributed by atoms with Crippen LogP contribution in [0.3, 0.4) is 0 Å². The van der Waals surface area contributed by atoms with Crippen LogP contribution in [0.15, 0.2) is 54.6 Å². The lowest BCUT2D eigenvalue weighted by molar-refractivity contribution is -0.133. The number of benzene rings is 2. The lowest BCUT2D eigenvalue weighted by Gasteiger charge is -2.27. The summed E-state index contributed by atoms with van der Waals surface area (Å²) in [6, 6.07) is 16.9. The van der Waals surface area contributed by atoms with Crippen molar-refractivity contribution in [3.63, 3.8) is 0 Å². The minimum absolute atomic E-state index is 0.198. The number of hydrogen-bond donors (Lipinski definition) is 2. The van der Waals surface area contributed by atoms with Gasteiger partial charge in [0.05, 0.1) is 0 Å². The number of hydrogen-bond acceptors (Lipinski definition) is 3. The Hall–Kier alpha value is -2.66. The van der Waals surface area contributed by atoms with Crippen LogP contribution in [-0.4, -0.2) is 23.3 Å². The van der Waals surface area contributed by atoms with Crippen molar-refractivity contribution in [2.24, 2.45) is 5.73 Å². The molecule has 0 spiro atoms. The van der Waals surface area contributed by atoms with Crippen LogP contribution in [-0.2, 0) is 21.7 Å². The normalized spacial score (nSPS) is 16.8. The van der Waals surface area contributed by atoms with Gasteiger partial charge in [0, 0.05) is 25.2 Å². The van der Waals surface area contributed by atoms with Crippen molar-refractivity contribution in [3.8, 4) is 0 Å². The molecule has 0 radical (unpaired) electrons. The predicted molar refractivity (Wildman–Crippen MR) is 102 cm³/mol. The minimum Gasteiger partial charge on any atom is -0.338 e. The standard InChI is InChI=1S/C21H25N3O2/c1-21(22,17-9-3-2-4-10-17)20(26)23-18-11-7-8-16(14-18)15-24-13-6-5-12-19(24)25/h2-4,7-11,14H,5-6,12-13,15,22H2,1H3,(H,23,26). The van der Waals surface area contributed by atoms with Crippen LogP contribution in [0.1, 0.15) is 37.3 Å². The number of rotatable bonds is 5. The van der Waals surface area contributed by atoms with Crippen LogP contribution in [0.2, 0.25) is 0 Å². The maximum absolute atomic E-state index is 12.7. The summed E-state index contributed by atoms with van der Waals surface area (Å²) >= 11 is 0. The molecule has 2 aromatic rings. The number of amides is 2. The molecule has 5 nitrogen and oxygen atoms in total. The molecule has 0 aromatic heterocycles. The molecule has 136 valence electrons. The van der Waals surface area contributed by atoms with Crippen LogP contribution >= 0.6 is 0 Å². The van der Waals surface area contributed by atoms with Crippen molar-refractivity contribution < 1.29 is 9.59 Å². The highest BCUT2D eigenvalue weighted by Crippen LogP contribution is 2.21. The van der Waals surface area contributed by atoms with Crippen molar-refractivity contribution in [3.05, 3.63) is 65.7 Å². The van der Waals surface area contributed by atoms with Gasteiger partial charge in [-0.3, -0.25) is 9.59 Å². The molecule has 3 rings (SSSR count). The molecule has 5 heteroatoms. The molecule has 1 unspecified atom stereocenters. The van der Waals surface area contributed by atoms with E-state index in [1.165, 1.54) is 0 Å². The van der Waals surface area contributed by atoms with Gasteiger partial charge in [-0.25, -0.2) is 0 Å². The fourth-order valence-electron chi connectivity index (χ4n) is 3.17. The van der Waals surface area contributed by atoms with E-state index in [9.17, 15) is 9.59 Å². The van der Waals surface area contributed by atoms with E-state index in [1.807, 2.05) is 59.5 Å². The smallest absolute Gasteiger partial charge is 0.248 e. The molecule has 1 fully saturated rings. The van der Waals surface area contributed by atoms with Gasteiger partial charge >= 0.3 is 0 Å². The molecule has 26 heavy (non-hydrogen) atoms. The molecule has 1 saturated heterocycles. The van der Waals surface area contributed by atoms with Gasteiger partial charge in [-0.15, -0.1) is 0 Å². The summed E-state index contributed by atoms with van der Waals surface area (Å²) in [4.78, 5) is 26.6. The number of anilines is 1. The van der Waals surface area contributed by atoms with E-state index in [1.54, 1.807) is 6.92 Å². The first-order valence-electron chi connectivity index (χ1n) is 8.99. The number of piperidine rings is 1. The Morgan fingerprint density at radius 3 is 2.65 bits per heavy atom. The minimum atomic E-state index is -1.12. The third-order valence-corrected chi connectivity index (χ3v) is 4.82. The fourth-order valence-corrected chi connectivity index (χ4v) is 3.17. The zero-order valence-corrected chi connectivity index (χ0v) is 15.1. The van der Waals surface area contributed by atoms with Gasteiger partial charge < -0.3 is 16.0 Å². The summed E-state index contributed by atoms with van der Waals surface area (Å²) in [6.45, 7) is 3.07. The van der Waals surface area contributed by atoms with E-state index in [0.717, 1.165) is 30.5 Å². The highest BCUT2D eigenvalue weighted by Gasteiger charge is 2.30. The van der Waals surface area contributed by atoms with Gasteiger partial charge in [-0.05, 0) is 43.0 Å². The Labute approximate surface area is 154 Å². The van der Waals surface area contributed by atoms with E-state index in [0.29, 0.717) is 18.7 Å². The molecule has 0 bridgehead atoms. The Kier molecular flexibility index (Phi) is 5.38. The maximum atomic E-state index is 12.7. The molecule has 2 aromatic carbocycles. The van der Waals surface area contributed by atoms with Crippen LogP contribution in [0.5, 0.6) is 0 Å². The lowest BCUT2D eigenvalue weighted by atomic mass is 9.92. The average molecular weight is 351 g/mol. The van der Waals surface area contributed by atoms with E-state index < -0.39 is 5.54 Å². The second-order valence-corrected chi connectivity index (χ2v) is 7.00. The molecular weight excluding hydrogens is 326 g/mol. The summed E-state index contributed by atoms with van der Waals surface area (Å²) in [5, 5.41) is 2.90. The zero-order chi connectivity index (χ0) is 18.6. The van der Waals surface area contributed by atoms with Crippen molar-refractivity contribution in [2.75, 3.05) is 11.9 Å². The predicted octanol–water partition coefficient (Wildman–Crippen LogP) is 3.01. The Morgan fingerprint density at radius 1 is 1.15 bits per heavy atom. The topological polar surface area (TPSA) is 75.4 Å². The van der Waals surface area contributed by atoms with Gasteiger partial charge in [0.2, 0.25) is 11.8 Å². The first kappa shape index (κ1) is 18.1.